The first-order valence-electron chi connectivity index (χ1n) is 7.51. The van der Waals surface area contributed by atoms with Gasteiger partial charge in [-0.15, -0.1) is 11.3 Å². The van der Waals surface area contributed by atoms with Crippen molar-refractivity contribution < 1.29 is 9.59 Å². The van der Waals surface area contributed by atoms with E-state index < -0.39 is 0 Å². The lowest BCUT2D eigenvalue weighted by molar-refractivity contribution is -0.130. The quantitative estimate of drug-likeness (QED) is 0.876. The minimum Gasteiger partial charge on any atom is -0.342 e. The molecule has 1 aromatic heterocycles. The Hall–Kier alpha value is -2.25. The molecule has 0 atom stereocenters. The summed E-state index contributed by atoms with van der Waals surface area (Å²) in [5.41, 5.74) is 1.33. The average Bonchev–Trinajstić information content (AvgIpc) is 3.11. The number of piperazine rings is 1. The molecule has 2 amide bonds. The summed E-state index contributed by atoms with van der Waals surface area (Å²) in [6.45, 7) is 2.97. The lowest BCUT2D eigenvalue weighted by Gasteiger charge is -2.27. The standard InChI is InChI=1S/C16H18N4O2S/c21-14(20-8-6-17-7-9-20)10-18-15(22)13-11-23-16(19-13)12-4-2-1-3-5-12/h1-5,11,17H,6-10H2,(H,18,22). The maximum Gasteiger partial charge on any atom is 0.271 e. The van der Waals surface area contributed by atoms with Gasteiger partial charge in [0.05, 0.1) is 6.54 Å². The van der Waals surface area contributed by atoms with E-state index in [1.54, 1.807) is 10.3 Å². The Labute approximate surface area is 138 Å². The van der Waals surface area contributed by atoms with E-state index in [1.807, 2.05) is 30.3 Å². The van der Waals surface area contributed by atoms with Gasteiger partial charge in [-0.2, -0.15) is 0 Å². The van der Waals surface area contributed by atoms with E-state index in [0.717, 1.165) is 23.7 Å². The van der Waals surface area contributed by atoms with E-state index in [1.165, 1.54) is 11.3 Å². The minimum atomic E-state index is -0.313. The van der Waals surface area contributed by atoms with E-state index in [2.05, 4.69) is 15.6 Å². The van der Waals surface area contributed by atoms with Gasteiger partial charge in [0.2, 0.25) is 5.91 Å². The van der Waals surface area contributed by atoms with Crippen molar-refractivity contribution in [2.45, 2.75) is 0 Å². The van der Waals surface area contributed by atoms with Crippen LogP contribution in [-0.4, -0.2) is 54.4 Å². The molecule has 1 aliphatic heterocycles. The van der Waals surface area contributed by atoms with Crippen LogP contribution in [0.15, 0.2) is 35.7 Å². The number of aromatic nitrogens is 1. The summed E-state index contributed by atoms with van der Waals surface area (Å²) in [6, 6.07) is 9.71. The monoisotopic (exact) mass is 330 g/mol. The molecular formula is C16H18N4O2S. The van der Waals surface area contributed by atoms with Crippen LogP contribution in [0.4, 0.5) is 0 Å². The number of amides is 2. The Balaban J connectivity index is 1.56. The molecule has 0 saturated carbocycles. The number of nitrogens with zero attached hydrogens (tertiary/aromatic N) is 2. The highest BCUT2D eigenvalue weighted by molar-refractivity contribution is 7.13. The molecule has 7 heteroatoms. The Morgan fingerprint density at radius 1 is 1.22 bits per heavy atom. The van der Waals surface area contributed by atoms with Gasteiger partial charge in [-0.25, -0.2) is 4.98 Å². The first kappa shape index (κ1) is 15.6. The molecular weight excluding hydrogens is 312 g/mol. The zero-order valence-corrected chi connectivity index (χ0v) is 13.4. The van der Waals surface area contributed by atoms with Gasteiger partial charge >= 0.3 is 0 Å². The Morgan fingerprint density at radius 2 is 1.96 bits per heavy atom. The van der Waals surface area contributed by atoms with Crippen molar-refractivity contribution in [3.63, 3.8) is 0 Å². The smallest absolute Gasteiger partial charge is 0.271 e. The highest BCUT2D eigenvalue weighted by Gasteiger charge is 2.18. The van der Waals surface area contributed by atoms with Crippen LogP contribution in [0, 0.1) is 0 Å². The fourth-order valence-electron chi connectivity index (χ4n) is 2.36. The van der Waals surface area contributed by atoms with Gasteiger partial charge in [0.25, 0.3) is 5.91 Å². The third-order valence-corrected chi connectivity index (χ3v) is 4.52. The van der Waals surface area contributed by atoms with Crippen molar-refractivity contribution in [2.75, 3.05) is 32.7 Å². The maximum atomic E-state index is 12.1. The average molecular weight is 330 g/mol. The molecule has 2 N–H and O–H groups in total. The fourth-order valence-corrected chi connectivity index (χ4v) is 3.17. The molecule has 2 aromatic rings. The van der Waals surface area contributed by atoms with Crippen LogP contribution in [0.1, 0.15) is 10.5 Å². The lowest BCUT2D eigenvalue weighted by atomic mass is 10.2. The Bertz CT molecular complexity index is 680. The number of carbonyl (C=O) groups is 2. The molecule has 3 rings (SSSR count). The predicted molar refractivity (Wildman–Crippen MR) is 89.3 cm³/mol. The molecule has 0 unspecified atom stereocenters. The predicted octanol–water partition coefficient (Wildman–Crippen LogP) is 0.972. The van der Waals surface area contributed by atoms with E-state index in [9.17, 15) is 9.59 Å². The molecule has 0 spiro atoms. The molecule has 1 aliphatic rings. The molecule has 2 heterocycles. The van der Waals surface area contributed by atoms with Gasteiger partial charge in [-0.05, 0) is 0 Å². The van der Waals surface area contributed by atoms with Crippen molar-refractivity contribution in [3.8, 4) is 10.6 Å². The fraction of sp³-hybridized carbons (Fsp3) is 0.312. The molecule has 0 radical (unpaired) electrons. The Kier molecular flexibility index (Phi) is 4.99. The second-order valence-electron chi connectivity index (χ2n) is 5.22. The third kappa shape index (κ3) is 3.94. The van der Waals surface area contributed by atoms with Crippen LogP contribution in [-0.2, 0) is 4.79 Å². The van der Waals surface area contributed by atoms with Crippen LogP contribution in [0.2, 0.25) is 0 Å². The molecule has 1 saturated heterocycles. The number of nitrogens with one attached hydrogen (secondary N) is 2. The first-order chi connectivity index (χ1) is 11.2. The number of benzene rings is 1. The van der Waals surface area contributed by atoms with Crippen LogP contribution < -0.4 is 10.6 Å². The molecule has 1 aromatic carbocycles. The summed E-state index contributed by atoms with van der Waals surface area (Å²) in [5.74, 6) is -0.370. The van der Waals surface area contributed by atoms with E-state index in [4.69, 9.17) is 0 Å². The van der Waals surface area contributed by atoms with Gasteiger partial charge in [0.1, 0.15) is 10.7 Å². The zero-order valence-electron chi connectivity index (χ0n) is 12.6. The topological polar surface area (TPSA) is 74.3 Å². The second kappa shape index (κ2) is 7.34. The number of carbonyl (C=O) groups excluding carboxylic acids is 2. The van der Waals surface area contributed by atoms with Crippen LogP contribution >= 0.6 is 11.3 Å². The number of rotatable bonds is 4. The molecule has 6 nitrogen and oxygen atoms in total. The molecule has 120 valence electrons. The summed E-state index contributed by atoms with van der Waals surface area (Å²) < 4.78 is 0. The van der Waals surface area contributed by atoms with E-state index in [0.29, 0.717) is 18.8 Å². The maximum absolute atomic E-state index is 12.1. The molecule has 23 heavy (non-hydrogen) atoms. The van der Waals surface area contributed by atoms with Crippen LogP contribution in [0.5, 0.6) is 0 Å². The van der Waals surface area contributed by atoms with E-state index >= 15 is 0 Å². The summed E-state index contributed by atoms with van der Waals surface area (Å²) in [4.78, 5) is 30.3. The van der Waals surface area contributed by atoms with Crippen molar-refractivity contribution in [1.29, 1.82) is 0 Å². The second-order valence-corrected chi connectivity index (χ2v) is 6.08. The number of hydrogen-bond donors (Lipinski definition) is 2. The van der Waals surface area contributed by atoms with Crippen LogP contribution in [0.25, 0.3) is 10.6 Å². The summed E-state index contributed by atoms with van der Waals surface area (Å²) in [7, 11) is 0. The SMILES string of the molecule is O=C(NCC(=O)N1CCNCC1)c1csc(-c2ccccc2)n1. The van der Waals surface area contributed by atoms with Gasteiger partial charge in [0, 0.05) is 37.1 Å². The molecule has 0 bridgehead atoms. The number of thiazole rings is 1. The van der Waals surface area contributed by atoms with Gasteiger partial charge in [-0.3, -0.25) is 9.59 Å². The molecule has 0 aliphatic carbocycles. The van der Waals surface area contributed by atoms with Crippen molar-refractivity contribution in [1.82, 2.24) is 20.5 Å². The normalized spacial score (nSPS) is 14.5. The minimum absolute atomic E-state index is 0.0109. The van der Waals surface area contributed by atoms with Crippen molar-refractivity contribution in [3.05, 3.63) is 41.4 Å². The molecule has 1 fully saturated rings. The van der Waals surface area contributed by atoms with Gasteiger partial charge in [-0.1, -0.05) is 30.3 Å². The van der Waals surface area contributed by atoms with Crippen molar-refractivity contribution in [2.24, 2.45) is 0 Å². The van der Waals surface area contributed by atoms with Crippen LogP contribution in [0.3, 0.4) is 0 Å². The third-order valence-electron chi connectivity index (χ3n) is 3.63. The number of hydrogen-bond acceptors (Lipinski definition) is 5. The van der Waals surface area contributed by atoms with Gasteiger partial charge < -0.3 is 15.5 Å². The zero-order chi connectivity index (χ0) is 16.1. The Morgan fingerprint density at radius 3 is 2.70 bits per heavy atom. The highest BCUT2D eigenvalue weighted by atomic mass is 32.1. The highest BCUT2D eigenvalue weighted by Crippen LogP contribution is 2.23. The summed E-state index contributed by atoms with van der Waals surface area (Å²) in [5, 5.41) is 8.35. The summed E-state index contributed by atoms with van der Waals surface area (Å²) >= 11 is 1.42. The first-order valence-corrected chi connectivity index (χ1v) is 8.39. The lowest BCUT2D eigenvalue weighted by Crippen LogP contribution is -2.49. The van der Waals surface area contributed by atoms with E-state index in [-0.39, 0.29) is 18.4 Å². The van der Waals surface area contributed by atoms with Crippen molar-refractivity contribution >= 4 is 23.2 Å². The summed E-state index contributed by atoms with van der Waals surface area (Å²) in [6.07, 6.45) is 0. The van der Waals surface area contributed by atoms with Gasteiger partial charge in [0.15, 0.2) is 0 Å². The largest absolute Gasteiger partial charge is 0.342 e.